The highest BCUT2D eigenvalue weighted by Gasteiger charge is 2.33. The van der Waals surface area contributed by atoms with Crippen molar-refractivity contribution in [1.29, 1.82) is 0 Å². The van der Waals surface area contributed by atoms with Crippen LogP contribution in [0.25, 0.3) is 0 Å². The summed E-state index contributed by atoms with van der Waals surface area (Å²) in [5, 5.41) is 7.48. The molecule has 1 aliphatic heterocycles. The molecule has 1 amide bonds. The van der Waals surface area contributed by atoms with Gasteiger partial charge in [0.25, 0.3) is 5.91 Å². The van der Waals surface area contributed by atoms with E-state index in [0.29, 0.717) is 6.42 Å². The van der Waals surface area contributed by atoms with Crippen LogP contribution in [0.5, 0.6) is 0 Å². The first-order chi connectivity index (χ1) is 8.39. The molecule has 6 nitrogen and oxygen atoms in total. The van der Waals surface area contributed by atoms with Gasteiger partial charge in [-0.3, -0.25) is 4.79 Å². The molecule has 1 saturated heterocycles. The fourth-order valence-corrected chi connectivity index (χ4v) is 3.73. The van der Waals surface area contributed by atoms with Crippen molar-refractivity contribution >= 4 is 27.3 Å². The normalized spacial score (nSPS) is 21.8. The van der Waals surface area contributed by atoms with Crippen LogP contribution in [-0.4, -0.2) is 54.0 Å². The monoisotopic (exact) mass is 289 g/mol. The third-order valence-corrected chi connectivity index (χ3v) is 4.88. The molecule has 0 spiro atoms. The van der Waals surface area contributed by atoms with Crippen LogP contribution in [0.4, 0.5) is 0 Å². The average molecular weight is 290 g/mol. The molecule has 1 aliphatic rings. The Morgan fingerprint density at radius 1 is 1.44 bits per heavy atom. The van der Waals surface area contributed by atoms with Crippen LogP contribution in [0.2, 0.25) is 5.15 Å². The summed E-state index contributed by atoms with van der Waals surface area (Å²) in [5.41, 5.74) is 0.159. The summed E-state index contributed by atoms with van der Waals surface area (Å²) >= 11 is 5.58. The summed E-state index contributed by atoms with van der Waals surface area (Å²) in [6, 6.07) is 2.65. The Kier molecular flexibility index (Phi) is 3.54. The van der Waals surface area contributed by atoms with Crippen molar-refractivity contribution in [3.05, 3.63) is 23.0 Å². The van der Waals surface area contributed by atoms with Crippen LogP contribution >= 0.6 is 11.6 Å². The van der Waals surface area contributed by atoms with E-state index < -0.39 is 9.84 Å². The van der Waals surface area contributed by atoms with E-state index in [0.717, 1.165) is 0 Å². The van der Waals surface area contributed by atoms with Crippen molar-refractivity contribution in [2.24, 2.45) is 0 Å². The largest absolute Gasteiger partial charge is 0.336 e. The third kappa shape index (κ3) is 2.78. The number of carbonyl (C=O) groups excluding carboxylic acids is 1. The standard InChI is InChI=1S/C10H12ClN3O3S/c1-14(7-4-5-18(16,17)6-7)10(15)8-2-3-9(11)13-12-8/h2-3,7H,4-6H2,1H3. The van der Waals surface area contributed by atoms with Gasteiger partial charge in [0, 0.05) is 13.1 Å². The highest BCUT2D eigenvalue weighted by atomic mass is 35.5. The van der Waals surface area contributed by atoms with Crippen LogP contribution < -0.4 is 0 Å². The van der Waals surface area contributed by atoms with Crippen LogP contribution in [0.15, 0.2) is 12.1 Å². The molecule has 1 unspecified atom stereocenters. The van der Waals surface area contributed by atoms with E-state index in [1.807, 2.05) is 0 Å². The van der Waals surface area contributed by atoms with Gasteiger partial charge in [-0.15, -0.1) is 10.2 Å². The molecule has 0 radical (unpaired) electrons. The minimum absolute atomic E-state index is 0.0102. The molecule has 1 aromatic heterocycles. The van der Waals surface area contributed by atoms with Gasteiger partial charge < -0.3 is 4.90 Å². The number of carbonyl (C=O) groups is 1. The molecule has 0 saturated carbocycles. The number of rotatable bonds is 2. The zero-order valence-corrected chi connectivity index (χ0v) is 11.3. The number of aromatic nitrogens is 2. The fraction of sp³-hybridized carbons (Fsp3) is 0.500. The number of halogens is 1. The van der Waals surface area contributed by atoms with Gasteiger partial charge in [-0.05, 0) is 18.6 Å². The lowest BCUT2D eigenvalue weighted by Crippen LogP contribution is -2.38. The van der Waals surface area contributed by atoms with E-state index >= 15 is 0 Å². The Bertz CT molecular complexity index is 558. The fourth-order valence-electron chi connectivity index (χ4n) is 1.86. The first kappa shape index (κ1) is 13.2. The first-order valence-corrected chi connectivity index (χ1v) is 7.56. The number of sulfone groups is 1. The van der Waals surface area contributed by atoms with Crippen LogP contribution in [0.3, 0.4) is 0 Å². The smallest absolute Gasteiger partial charge is 0.274 e. The van der Waals surface area contributed by atoms with Crippen molar-refractivity contribution in [2.45, 2.75) is 12.5 Å². The van der Waals surface area contributed by atoms with Crippen LogP contribution in [0.1, 0.15) is 16.9 Å². The van der Waals surface area contributed by atoms with E-state index in [-0.39, 0.29) is 34.3 Å². The molecule has 98 valence electrons. The van der Waals surface area contributed by atoms with E-state index in [4.69, 9.17) is 11.6 Å². The highest BCUT2D eigenvalue weighted by Crippen LogP contribution is 2.18. The summed E-state index contributed by atoms with van der Waals surface area (Å²) in [6.07, 6.45) is 0.464. The van der Waals surface area contributed by atoms with Gasteiger partial charge in [-0.2, -0.15) is 0 Å². The molecule has 2 rings (SSSR count). The summed E-state index contributed by atoms with van der Waals surface area (Å²) in [7, 11) is -1.44. The zero-order chi connectivity index (χ0) is 13.3. The third-order valence-electron chi connectivity index (χ3n) is 2.93. The number of nitrogens with zero attached hydrogens (tertiary/aromatic N) is 3. The lowest BCUT2D eigenvalue weighted by Gasteiger charge is -2.22. The minimum atomic E-state index is -3.01. The van der Waals surface area contributed by atoms with Gasteiger partial charge >= 0.3 is 0 Å². The molecular weight excluding hydrogens is 278 g/mol. The predicted molar refractivity (Wildman–Crippen MR) is 66.2 cm³/mol. The average Bonchev–Trinajstić information content (AvgIpc) is 2.69. The van der Waals surface area contributed by atoms with Crippen LogP contribution in [-0.2, 0) is 9.84 Å². The van der Waals surface area contributed by atoms with Crippen molar-refractivity contribution in [3.8, 4) is 0 Å². The highest BCUT2D eigenvalue weighted by molar-refractivity contribution is 7.91. The molecule has 18 heavy (non-hydrogen) atoms. The molecule has 0 N–H and O–H groups in total. The van der Waals surface area contributed by atoms with Gasteiger partial charge in [0.05, 0.1) is 11.5 Å². The van der Waals surface area contributed by atoms with E-state index in [1.165, 1.54) is 17.0 Å². The van der Waals surface area contributed by atoms with E-state index in [2.05, 4.69) is 10.2 Å². The molecule has 0 bridgehead atoms. The molecule has 2 heterocycles. The number of hydrogen-bond acceptors (Lipinski definition) is 5. The van der Waals surface area contributed by atoms with Crippen molar-refractivity contribution in [1.82, 2.24) is 15.1 Å². The van der Waals surface area contributed by atoms with Gasteiger partial charge in [-0.25, -0.2) is 8.42 Å². The van der Waals surface area contributed by atoms with Gasteiger partial charge in [0.2, 0.25) is 0 Å². The lowest BCUT2D eigenvalue weighted by atomic mass is 10.2. The molecule has 1 atom stereocenters. The topological polar surface area (TPSA) is 80.2 Å². The predicted octanol–water partition coefficient (Wildman–Crippen LogP) is 0.389. The number of amides is 1. The van der Waals surface area contributed by atoms with Gasteiger partial charge in [0.15, 0.2) is 20.7 Å². The Labute approximate surface area is 110 Å². The Balaban J connectivity index is 2.12. The molecule has 8 heteroatoms. The van der Waals surface area contributed by atoms with Crippen molar-refractivity contribution in [3.63, 3.8) is 0 Å². The summed E-state index contributed by atoms with van der Waals surface area (Å²) in [4.78, 5) is 13.4. The molecule has 1 fully saturated rings. The second-order valence-corrected chi connectivity index (χ2v) is 6.83. The lowest BCUT2D eigenvalue weighted by molar-refractivity contribution is 0.0740. The second kappa shape index (κ2) is 4.81. The van der Waals surface area contributed by atoms with Gasteiger partial charge in [0.1, 0.15) is 0 Å². The SMILES string of the molecule is CN(C(=O)c1ccc(Cl)nn1)C1CCS(=O)(=O)C1. The number of hydrogen-bond donors (Lipinski definition) is 0. The van der Waals surface area contributed by atoms with E-state index in [1.54, 1.807) is 7.05 Å². The molecular formula is C10H12ClN3O3S. The van der Waals surface area contributed by atoms with Gasteiger partial charge in [-0.1, -0.05) is 11.6 Å². The van der Waals surface area contributed by atoms with Crippen molar-refractivity contribution in [2.75, 3.05) is 18.6 Å². The summed E-state index contributed by atoms with van der Waals surface area (Å²) in [5.74, 6) is -0.209. The van der Waals surface area contributed by atoms with E-state index in [9.17, 15) is 13.2 Å². The second-order valence-electron chi connectivity index (χ2n) is 4.21. The zero-order valence-electron chi connectivity index (χ0n) is 9.71. The Hall–Kier alpha value is -1.21. The summed E-state index contributed by atoms with van der Waals surface area (Å²) in [6.45, 7) is 0. The quantitative estimate of drug-likeness (QED) is 0.787. The van der Waals surface area contributed by atoms with Crippen molar-refractivity contribution < 1.29 is 13.2 Å². The molecule has 0 aliphatic carbocycles. The maximum atomic E-state index is 12.0. The Morgan fingerprint density at radius 2 is 2.17 bits per heavy atom. The molecule has 0 aromatic carbocycles. The molecule has 1 aromatic rings. The minimum Gasteiger partial charge on any atom is -0.336 e. The Morgan fingerprint density at radius 3 is 2.67 bits per heavy atom. The maximum absolute atomic E-state index is 12.0. The first-order valence-electron chi connectivity index (χ1n) is 5.36. The maximum Gasteiger partial charge on any atom is 0.274 e. The van der Waals surface area contributed by atoms with Crippen LogP contribution in [0, 0.1) is 0 Å². The summed E-state index contributed by atoms with van der Waals surface area (Å²) < 4.78 is 22.7.